The van der Waals surface area contributed by atoms with Gasteiger partial charge in [-0.05, 0) is 6.92 Å². The maximum Gasteiger partial charge on any atom is 0.308 e. The van der Waals surface area contributed by atoms with Gasteiger partial charge in [-0.1, -0.05) is 6.08 Å². The van der Waals surface area contributed by atoms with Gasteiger partial charge in [-0.25, -0.2) is 0 Å². The Morgan fingerprint density at radius 2 is 2.64 bits per heavy atom. The molecule has 1 saturated heterocycles. The number of esters is 1. The minimum absolute atomic E-state index is 0.123. The van der Waals surface area contributed by atoms with Gasteiger partial charge in [0, 0.05) is 6.61 Å². The molecule has 1 heterocycles. The summed E-state index contributed by atoms with van der Waals surface area (Å²) in [5.41, 5.74) is 0. The van der Waals surface area contributed by atoms with E-state index in [1.165, 1.54) is 6.08 Å². The number of carbonyl (C=O) groups excluding carboxylic acids is 1. The van der Waals surface area contributed by atoms with Gasteiger partial charge in [0.15, 0.2) is 0 Å². The Kier molecular flexibility index (Phi) is 3.50. The Morgan fingerprint density at radius 1 is 1.93 bits per heavy atom. The minimum Gasteiger partial charge on any atom is -0.596 e. The summed E-state index contributed by atoms with van der Waals surface area (Å²) in [5.74, 6) is -0.331. The van der Waals surface area contributed by atoms with Gasteiger partial charge in [0.25, 0.3) is 0 Å². The second-order valence-corrected chi connectivity index (χ2v) is 2.96. The molecule has 0 N–H and O–H groups in total. The average Bonchev–Trinajstić information content (AvgIpc) is 2.42. The highest BCUT2D eigenvalue weighted by Gasteiger charge is 2.30. The number of hydrogen-bond donors (Lipinski definition) is 0. The van der Waals surface area contributed by atoms with E-state index < -0.39 is 12.1 Å². The van der Waals surface area contributed by atoms with E-state index in [1.54, 1.807) is 6.92 Å². The average molecular weight is 198 g/mol. The van der Waals surface area contributed by atoms with Crippen molar-refractivity contribution < 1.29 is 19.4 Å². The van der Waals surface area contributed by atoms with Gasteiger partial charge in [-0.2, -0.15) is 0 Å². The van der Waals surface area contributed by atoms with Crippen molar-refractivity contribution in [3.8, 4) is 0 Å². The van der Waals surface area contributed by atoms with Crippen LogP contribution in [0.15, 0.2) is 17.6 Å². The van der Waals surface area contributed by atoms with Crippen molar-refractivity contribution in [2.45, 2.75) is 25.5 Å². The lowest BCUT2D eigenvalue weighted by Crippen LogP contribution is -2.26. The molecule has 2 atom stereocenters. The SMILES string of the molecule is C=CCOC([O-])=N[C@H]1CC(=O)OC1C. The molecule has 5 heteroatoms. The van der Waals surface area contributed by atoms with E-state index in [0.717, 1.165) is 0 Å². The molecule has 0 aromatic rings. The van der Waals surface area contributed by atoms with Gasteiger partial charge in [0.05, 0.1) is 12.5 Å². The third-order valence-electron chi connectivity index (χ3n) is 1.83. The number of nitrogens with zero attached hydrogens (tertiary/aromatic N) is 1. The molecular weight excluding hydrogens is 186 g/mol. The zero-order chi connectivity index (χ0) is 10.6. The van der Waals surface area contributed by atoms with Crippen LogP contribution in [0.25, 0.3) is 0 Å². The van der Waals surface area contributed by atoms with Crippen molar-refractivity contribution in [1.29, 1.82) is 0 Å². The van der Waals surface area contributed by atoms with Crippen molar-refractivity contribution in [3.05, 3.63) is 12.7 Å². The summed E-state index contributed by atoms with van der Waals surface area (Å²) in [7, 11) is 0. The molecule has 0 aromatic carbocycles. The molecule has 0 saturated carbocycles. The lowest BCUT2D eigenvalue weighted by molar-refractivity contribution is -0.250. The first kappa shape index (κ1) is 10.6. The predicted molar refractivity (Wildman–Crippen MR) is 47.5 cm³/mol. The second kappa shape index (κ2) is 4.64. The van der Waals surface area contributed by atoms with Crippen molar-refractivity contribution >= 4 is 12.1 Å². The first-order chi connectivity index (χ1) is 6.63. The third kappa shape index (κ3) is 2.76. The normalized spacial score (nSPS) is 27.2. The van der Waals surface area contributed by atoms with Crippen molar-refractivity contribution in [3.63, 3.8) is 0 Å². The van der Waals surface area contributed by atoms with E-state index >= 15 is 0 Å². The van der Waals surface area contributed by atoms with E-state index in [2.05, 4.69) is 16.3 Å². The molecule has 1 aliphatic rings. The smallest absolute Gasteiger partial charge is 0.308 e. The Balaban J connectivity index is 2.49. The number of rotatable bonds is 3. The lowest BCUT2D eigenvalue weighted by atomic mass is 10.2. The quantitative estimate of drug-likeness (QED) is 0.268. The number of hydrogen-bond acceptors (Lipinski definition) is 5. The standard InChI is InChI=1S/C9H13NO4/c1-3-4-13-9(12)10-7-5-8(11)14-6(7)2/h3,6-7H,1,4-5H2,2H3,(H,10,12)/p-1/t6?,7-/m0/s1. The van der Waals surface area contributed by atoms with Gasteiger partial charge in [-0.15, -0.1) is 6.58 Å². The van der Waals surface area contributed by atoms with Crippen molar-refractivity contribution in [1.82, 2.24) is 0 Å². The van der Waals surface area contributed by atoms with Gasteiger partial charge >= 0.3 is 5.97 Å². The van der Waals surface area contributed by atoms with E-state index in [4.69, 9.17) is 4.74 Å². The summed E-state index contributed by atoms with van der Waals surface area (Å²) < 4.78 is 9.46. The van der Waals surface area contributed by atoms with E-state index in [-0.39, 0.29) is 25.1 Å². The van der Waals surface area contributed by atoms with Crippen LogP contribution in [0.3, 0.4) is 0 Å². The van der Waals surface area contributed by atoms with Crippen molar-refractivity contribution in [2.75, 3.05) is 6.61 Å². The van der Waals surface area contributed by atoms with Crippen LogP contribution in [0, 0.1) is 0 Å². The van der Waals surface area contributed by atoms with Crippen LogP contribution >= 0.6 is 0 Å². The maximum absolute atomic E-state index is 11.0. The van der Waals surface area contributed by atoms with Crippen molar-refractivity contribution in [2.24, 2.45) is 4.99 Å². The number of carbonyl (C=O) groups is 1. The highest BCUT2D eigenvalue weighted by atomic mass is 16.6. The first-order valence-electron chi connectivity index (χ1n) is 4.31. The first-order valence-corrected chi connectivity index (χ1v) is 4.31. The monoisotopic (exact) mass is 198 g/mol. The fraction of sp³-hybridized carbons (Fsp3) is 0.556. The molecular formula is C9H12NO4-. The van der Waals surface area contributed by atoms with Gasteiger partial charge in [-0.3, -0.25) is 9.79 Å². The Bertz CT molecular complexity index is 262. The minimum atomic E-state index is -0.681. The Labute approximate surface area is 82.0 Å². The zero-order valence-electron chi connectivity index (χ0n) is 7.93. The van der Waals surface area contributed by atoms with Gasteiger partial charge < -0.3 is 14.6 Å². The van der Waals surface area contributed by atoms with Crippen LogP contribution < -0.4 is 5.11 Å². The number of ether oxygens (including phenoxy) is 2. The van der Waals surface area contributed by atoms with E-state index in [1.807, 2.05) is 0 Å². The highest BCUT2D eigenvalue weighted by Crippen LogP contribution is 2.17. The molecule has 1 unspecified atom stereocenters. The highest BCUT2D eigenvalue weighted by molar-refractivity contribution is 5.73. The third-order valence-corrected chi connectivity index (χ3v) is 1.83. The molecule has 1 fully saturated rings. The number of cyclic esters (lactones) is 1. The maximum atomic E-state index is 11.0. The summed E-state index contributed by atoms with van der Waals surface area (Å²) in [6.07, 6.45) is 0.566. The van der Waals surface area contributed by atoms with Crippen LogP contribution in [0.5, 0.6) is 0 Å². The fourth-order valence-corrected chi connectivity index (χ4v) is 1.12. The largest absolute Gasteiger partial charge is 0.596 e. The topological polar surface area (TPSA) is 71.0 Å². The van der Waals surface area contributed by atoms with Crippen LogP contribution in [0.1, 0.15) is 13.3 Å². The Morgan fingerprint density at radius 3 is 3.14 bits per heavy atom. The lowest BCUT2D eigenvalue weighted by Gasteiger charge is -2.14. The van der Waals surface area contributed by atoms with Crippen LogP contribution in [-0.2, 0) is 14.3 Å². The van der Waals surface area contributed by atoms with Crippen LogP contribution in [-0.4, -0.2) is 30.8 Å². The van der Waals surface area contributed by atoms with E-state index in [9.17, 15) is 9.90 Å². The molecule has 78 valence electrons. The summed E-state index contributed by atoms with van der Waals surface area (Å²) in [6, 6.07) is -0.417. The van der Waals surface area contributed by atoms with E-state index in [0.29, 0.717) is 0 Å². The molecule has 1 aliphatic heterocycles. The molecule has 0 aliphatic carbocycles. The molecule has 0 spiro atoms. The fourth-order valence-electron chi connectivity index (χ4n) is 1.12. The number of aliphatic imine (C=N–C) groups is 1. The molecule has 0 aromatic heterocycles. The molecule has 5 nitrogen and oxygen atoms in total. The van der Waals surface area contributed by atoms with Crippen LogP contribution in [0.4, 0.5) is 0 Å². The summed E-state index contributed by atoms with van der Waals surface area (Å²) in [5, 5.41) is 11.0. The molecule has 0 amide bonds. The Hall–Kier alpha value is -1.52. The molecule has 14 heavy (non-hydrogen) atoms. The summed E-state index contributed by atoms with van der Waals surface area (Å²) in [4.78, 5) is 14.5. The predicted octanol–water partition coefficient (Wildman–Crippen LogP) is -0.391. The summed E-state index contributed by atoms with van der Waals surface area (Å²) >= 11 is 0. The van der Waals surface area contributed by atoms with Gasteiger partial charge in [0.1, 0.15) is 12.2 Å². The van der Waals surface area contributed by atoms with Crippen LogP contribution in [0.2, 0.25) is 0 Å². The molecule has 1 rings (SSSR count). The van der Waals surface area contributed by atoms with Gasteiger partial charge in [0.2, 0.25) is 0 Å². The second-order valence-electron chi connectivity index (χ2n) is 2.96. The zero-order valence-corrected chi connectivity index (χ0v) is 7.93. The molecule has 0 bridgehead atoms. The summed E-state index contributed by atoms with van der Waals surface area (Å²) in [6.45, 7) is 5.21. The molecule has 0 radical (unpaired) electrons.